The predicted octanol–water partition coefficient (Wildman–Crippen LogP) is -1.56. The quantitative estimate of drug-likeness (QED) is 0.543. The van der Waals surface area contributed by atoms with E-state index >= 15 is 0 Å². The average molecular weight is 283 g/mol. The molecule has 0 bridgehead atoms. The minimum Gasteiger partial charge on any atom is -0.480 e. The van der Waals surface area contributed by atoms with E-state index in [9.17, 15) is 19.2 Å². The van der Waals surface area contributed by atoms with Gasteiger partial charge in [0.2, 0.25) is 17.7 Å². The summed E-state index contributed by atoms with van der Waals surface area (Å²) in [7, 11) is 0. The Hall–Kier alpha value is -2.12. The fourth-order valence-electron chi connectivity index (χ4n) is 2.34. The van der Waals surface area contributed by atoms with Crippen LogP contribution < -0.4 is 11.1 Å². The van der Waals surface area contributed by atoms with Crippen LogP contribution in [0.5, 0.6) is 0 Å². The van der Waals surface area contributed by atoms with Gasteiger partial charge in [-0.15, -0.1) is 0 Å². The number of rotatable bonds is 6. The molecule has 1 saturated carbocycles. The number of hydrogen-bond donors (Lipinski definition) is 3. The molecule has 0 aromatic rings. The number of carboxylic acid groups (broad SMARTS) is 1. The van der Waals surface area contributed by atoms with Crippen molar-refractivity contribution in [3.63, 3.8) is 0 Å². The van der Waals surface area contributed by atoms with Crippen molar-refractivity contribution in [1.29, 1.82) is 0 Å². The summed E-state index contributed by atoms with van der Waals surface area (Å²) >= 11 is 0. The molecule has 0 aromatic carbocycles. The van der Waals surface area contributed by atoms with Crippen LogP contribution in [0.4, 0.5) is 0 Å². The third-order valence-corrected chi connectivity index (χ3v) is 3.54. The van der Waals surface area contributed by atoms with Crippen LogP contribution in [0.2, 0.25) is 0 Å². The molecule has 8 heteroatoms. The zero-order valence-corrected chi connectivity index (χ0v) is 10.9. The molecule has 3 amide bonds. The summed E-state index contributed by atoms with van der Waals surface area (Å²) in [6, 6.07) is -1.11. The number of nitrogens with two attached hydrogens (primary N) is 1. The van der Waals surface area contributed by atoms with Crippen molar-refractivity contribution in [3.8, 4) is 0 Å². The Morgan fingerprint density at radius 2 is 2.05 bits per heavy atom. The van der Waals surface area contributed by atoms with Crippen LogP contribution in [0.25, 0.3) is 0 Å². The van der Waals surface area contributed by atoms with Gasteiger partial charge in [0.1, 0.15) is 6.04 Å². The van der Waals surface area contributed by atoms with Crippen molar-refractivity contribution in [3.05, 3.63) is 0 Å². The van der Waals surface area contributed by atoms with Crippen LogP contribution in [-0.4, -0.2) is 52.3 Å². The van der Waals surface area contributed by atoms with Crippen LogP contribution in [0, 0.1) is 5.92 Å². The fourth-order valence-corrected chi connectivity index (χ4v) is 2.34. The average Bonchev–Trinajstić information content (AvgIpc) is 3.11. The largest absolute Gasteiger partial charge is 0.480 e. The number of nitrogens with zero attached hydrogens (tertiary/aromatic N) is 1. The van der Waals surface area contributed by atoms with Crippen molar-refractivity contribution in [2.24, 2.45) is 11.7 Å². The van der Waals surface area contributed by atoms with Crippen LogP contribution in [0.3, 0.4) is 0 Å². The topological polar surface area (TPSA) is 130 Å². The number of primary amides is 1. The molecule has 0 spiro atoms. The Bertz CT molecular complexity index is 460. The second-order valence-corrected chi connectivity index (χ2v) is 5.25. The Labute approximate surface area is 115 Å². The van der Waals surface area contributed by atoms with E-state index in [1.807, 2.05) is 0 Å². The summed E-state index contributed by atoms with van der Waals surface area (Å²) in [6.07, 6.45) is 1.54. The third kappa shape index (κ3) is 3.25. The molecule has 1 aliphatic carbocycles. The minimum absolute atomic E-state index is 0.0746. The number of carbonyl (C=O) groups is 4. The molecule has 4 N–H and O–H groups in total. The van der Waals surface area contributed by atoms with Gasteiger partial charge in [-0.3, -0.25) is 14.4 Å². The van der Waals surface area contributed by atoms with Crippen molar-refractivity contribution < 1.29 is 24.3 Å². The maximum absolute atomic E-state index is 12.0. The first-order chi connectivity index (χ1) is 9.38. The number of likely N-dealkylation sites (tertiary alicyclic amines) is 1. The number of amides is 3. The molecule has 2 unspecified atom stereocenters. The molecule has 2 rings (SSSR count). The lowest BCUT2D eigenvalue weighted by Gasteiger charge is -2.17. The lowest BCUT2D eigenvalue weighted by Crippen LogP contribution is -2.46. The van der Waals surface area contributed by atoms with E-state index in [1.54, 1.807) is 4.90 Å². The highest BCUT2D eigenvalue weighted by atomic mass is 16.4. The van der Waals surface area contributed by atoms with Crippen molar-refractivity contribution in [1.82, 2.24) is 10.2 Å². The molecule has 0 aromatic heterocycles. The van der Waals surface area contributed by atoms with E-state index in [4.69, 9.17) is 10.8 Å². The summed E-state index contributed by atoms with van der Waals surface area (Å²) in [5, 5.41) is 11.2. The highest BCUT2D eigenvalue weighted by Crippen LogP contribution is 2.32. The van der Waals surface area contributed by atoms with Gasteiger partial charge in [0.05, 0.1) is 12.3 Å². The minimum atomic E-state index is -1.34. The maximum Gasteiger partial charge on any atom is 0.326 e. The Balaban J connectivity index is 1.92. The molecule has 1 aliphatic heterocycles. The number of aliphatic carboxylic acids is 1. The first-order valence-electron chi connectivity index (χ1n) is 6.49. The molecular formula is C12H17N3O5. The maximum atomic E-state index is 12.0. The molecule has 1 heterocycles. The molecule has 2 fully saturated rings. The van der Waals surface area contributed by atoms with Crippen LogP contribution in [-0.2, 0) is 19.2 Å². The van der Waals surface area contributed by atoms with Gasteiger partial charge in [0.15, 0.2) is 0 Å². The Morgan fingerprint density at radius 3 is 2.55 bits per heavy atom. The van der Waals surface area contributed by atoms with E-state index in [0.717, 1.165) is 12.8 Å². The fraction of sp³-hybridized carbons (Fsp3) is 0.667. The standard InChI is InChI=1S/C12H17N3O5/c13-9(16)4-8(12(19)20)14-11(18)6-3-10(17)15(5-6)7-1-2-7/h6-8H,1-5H2,(H2,13,16)(H,14,18)(H,19,20). The molecule has 2 atom stereocenters. The normalized spacial score (nSPS) is 23.5. The zero-order valence-electron chi connectivity index (χ0n) is 10.9. The lowest BCUT2D eigenvalue weighted by atomic mass is 10.1. The number of carbonyl (C=O) groups excluding carboxylic acids is 3. The van der Waals surface area contributed by atoms with Crippen molar-refractivity contribution >= 4 is 23.7 Å². The SMILES string of the molecule is NC(=O)CC(NC(=O)C1CC(=O)N(C2CC2)C1)C(=O)O. The van der Waals surface area contributed by atoms with Gasteiger partial charge in [-0.2, -0.15) is 0 Å². The van der Waals surface area contributed by atoms with Gasteiger partial charge >= 0.3 is 5.97 Å². The summed E-state index contributed by atoms with van der Waals surface area (Å²) < 4.78 is 0. The van der Waals surface area contributed by atoms with E-state index in [2.05, 4.69) is 5.32 Å². The van der Waals surface area contributed by atoms with Gasteiger partial charge in [-0.25, -0.2) is 4.79 Å². The second kappa shape index (κ2) is 5.48. The van der Waals surface area contributed by atoms with E-state index < -0.39 is 36.2 Å². The van der Waals surface area contributed by atoms with E-state index in [0.29, 0.717) is 6.54 Å². The summed E-state index contributed by atoms with van der Waals surface area (Å²) in [5.74, 6) is -3.28. The third-order valence-electron chi connectivity index (χ3n) is 3.54. The first-order valence-corrected chi connectivity index (χ1v) is 6.49. The van der Waals surface area contributed by atoms with Gasteiger partial charge in [0.25, 0.3) is 0 Å². The van der Waals surface area contributed by atoms with Crippen molar-refractivity contribution in [2.75, 3.05) is 6.54 Å². The van der Waals surface area contributed by atoms with Gasteiger partial charge in [0, 0.05) is 19.0 Å². The molecule has 1 saturated heterocycles. The van der Waals surface area contributed by atoms with Gasteiger partial charge in [-0.05, 0) is 12.8 Å². The lowest BCUT2D eigenvalue weighted by molar-refractivity contribution is -0.143. The van der Waals surface area contributed by atoms with Crippen LogP contribution in [0.1, 0.15) is 25.7 Å². The van der Waals surface area contributed by atoms with Gasteiger partial charge in [-0.1, -0.05) is 0 Å². The number of nitrogens with one attached hydrogen (secondary N) is 1. The van der Waals surface area contributed by atoms with Crippen LogP contribution >= 0.6 is 0 Å². The Kier molecular flexibility index (Phi) is 3.91. The van der Waals surface area contributed by atoms with E-state index in [1.165, 1.54) is 0 Å². The van der Waals surface area contributed by atoms with E-state index in [-0.39, 0.29) is 18.4 Å². The molecular weight excluding hydrogens is 266 g/mol. The smallest absolute Gasteiger partial charge is 0.326 e. The molecule has 8 nitrogen and oxygen atoms in total. The number of carboxylic acids is 1. The molecule has 110 valence electrons. The molecule has 2 aliphatic rings. The zero-order chi connectivity index (χ0) is 14.9. The Morgan fingerprint density at radius 1 is 1.40 bits per heavy atom. The monoisotopic (exact) mass is 283 g/mol. The molecule has 0 radical (unpaired) electrons. The van der Waals surface area contributed by atoms with Crippen molar-refractivity contribution in [2.45, 2.75) is 37.8 Å². The predicted molar refractivity (Wildman–Crippen MR) is 66.2 cm³/mol. The number of hydrogen-bond acceptors (Lipinski definition) is 4. The summed E-state index contributed by atoms with van der Waals surface area (Å²) in [5.41, 5.74) is 4.94. The summed E-state index contributed by atoms with van der Waals surface area (Å²) in [4.78, 5) is 47.1. The second-order valence-electron chi connectivity index (χ2n) is 5.25. The highest BCUT2D eigenvalue weighted by molar-refractivity contribution is 5.92. The van der Waals surface area contributed by atoms with Crippen LogP contribution in [0.15, 0.2) is 0 Å². The first kappa shape index (κ1) is 14.3. The highest BCUT2D eigenvalue weighted by Gasteiger charge is 2.42. The van der Waals surface area contributed by atoms with Gasteiger partial charge < -0.3 is 21.1 Å². The summed E-state index contributed by atoms with van der Waals surface area (Å²) in [6.45, 7) is 0.318. The molecule has 20 heavy (non-hydrogen) atoms.